The normalized spacial score (nSPS) is 20.1. The molecule has 700 valence electrons. The second-order valence-corrected chi connectivity index (χ2v) is 44.4. The number of aromatic nitrogens is 10. The van der Waals surface area contributed by atoms with Gasteiger partial charge in [-0.15, -0.1) is 0 Å². The highest BCUT2D eigenvalue weighted by molar-refractivity contribution is 7.92. The van der Waals surface area contributed by atoms with Crippen molar-refractivity contribution in [2.75, 3.05) is 63.4 Å². The summed E-state index contributed by atoms with van der Waals surface area (Å²) < 4.78 is 140. The van der Waals surface area contributed by atoms with E-state index in [-0.39, 0.29) is 64.4 Å². The minimum Gasteiger partial charge on any atom is -0.531 e. The number of sulfone groups is 3. The van der Waals surface area contributed by atoms with E-state index in [0.717, 1.165) is 181 Å². The number of hydrogen-bond acceptors (Lipinski definition) is 26. The lowest BCUT2D eigenvalue weighted by atomic mass is 9.66. The van der Waals surface area contributed by atoms with Crippen LogP contribution >= 0.6 is 0 Å². The fourth-order valence-electron chi connectivity index (χ4n) is 20.1. The number of methoxy groups -OCH3 is 2. The van der Waals surface area contributed by atoms with Gasteiger partial charge in [-0.3, -0.25) is 0 Å². The monoisotopic (exact) mass is 1910 g/mol. The number of allylic oxidation sites excluding steroid dienone is 4. The number of hydrogen-bond donors (Lipinski definition) is 10. The van der Waals surface area contributed by atoms with E-state index in [1.807, 2.05) is 87.1 Å². The molecule has 0 bridgehead atoms. The predicted molar refractivity (Wildman–Crippen MR) is 524 cm³/mol. The van der Waals surface area contributed by atoms with Gasteiger partial charge >= 0.3 is 35.6 Å². The minimum atomic E-state index is -3.36. The number of sulfonamides is 1. The summed E-state index contributed by atoms with van der Waals surface area (Å²) in [5, 5.41) is 55.1. The van der Waals surface area contributed by atoms with Gasteiger partial charge in [0.15, 0.2) is 29.5 Å². The van der Waals surface area contributed by atoms with Crippen LogP contribution in [0.25, 0.3) is 83.0 Å². The maximum absolute atomic E-state index is 12.8. The Labute approximate surface area is 788 Å². The summed E-state index contributed by atoms with van der Waals surface area (Å²) in [6.45, 7) is 12.9. The molecule has 7 aliphatic heterocycles. The van der Waals surface area contributed by atoms with Gasteiger partial charge in [0.25, 0.3) is 0 Å². The van der Waals surface area contributed by atoms with Crippen molar-refractivity contribution in [3.8, 4) is 40.2 Å². The number of nitrogens with one attached hydrogen (secondary N) is 5. The van der Waals surface area contributed by atoms with E-state index in [0.29, 0.717) is 80.4 Å². The molecule has 32 nitrogen and oxygen atoms in total. The summed E-state index contributed by atoms with van der Waals surface area (Å²) in [6, 6.07) is 29.8. The maximum atomic E-state index is 12.8. The number of rotatable bonds is 22. The summed E-state index contributed by atoms with van der Waals surface area (Å²) in [7, 11) is -15.1. The fourth-order valence-corrected chi connectivity index (χ4v) is 26.6. The lowest BCUT2D eigenvalue weighted by Crippen LogP contribution is -2.51. The molecule has 10 aromatic heterocycles. The number of pyridine rings is 5. The number of likely N-dealkylation sites (tertiary alicyclic amines) is 1. The average molecular weight is 1910 g/mol. The average Bonchev–Trinajstić information content (AvgIpc) is 1.35. The van der Waals surface area contributed by atoms with Crippen molar-refractivity contribution in [1.29, 1.82) is 0 Å². The Bertz CT molecular complexity index is 7200. The van der Waals surface area contributed by atoms with E-state index in [4.69, 9.17) is 32.7 Å². The molecular weight excluding hydrogens is 1810 g/mol. The Morgan fingerprint density at radius 1 is 0.390 bits per heavy atom. The molecule has 13 aromatic rings. The SMILES string of the molecule is C=C(CCC)N1CC(C2=CB(O)Oc3cnc4[nH]ccc4c32)C1.CCCS(=O)(=O)N1CC(C2=CB(O)Oc3cnc4[nH]ccc4c32)C1.COc1ccc(S(=O)(=O)CC2CC(C3=CB(O)Oc4cnc5[nH]ccc5c43)C2)cc1.COc1ccc(S(=O)(=O)CC2CC(C3=CB(O)Oc4cnc5[nH]ccc5c43)C2)cc1.Cc1ccc(S(=O)(=O)CC2CC(C3=CB(O)Oc4cnc5[nH]ccc5c43)C2)cc1. The first-order valence-corrected chi connectivity index (χ1v) is 52.1. The summed E-state index contributed by atoms with van der Waals surface area (Å²) in [6.07, 6.45) is 24.6. The van der Waals surface area contributed by atoms with Gasteiger partial charge < -0.3 is 87.7 Å². The van der Waals surface area contributed by atoms with Gasteiger partial charge in [-0.25, -0.2) is 62.9 Å². The van der Waals surface area contributed by atoms with E-state index in [1.165, 1.54) is 10.0 Å². The first kappa shape index (κ1) is 92.9. The number of ether oxygens (including phenoxy) is 2. The van der Waals surface area contributed by atoms with Gasteiger partial charge in [-0.1, -0.05) is 44.5 Å². The van der Waals surface area contributed by atoms with E-state index >= 15 is 0 Å². The second-order valence-electron chi connectivity index (χ2n) is 36.2. The van der Waals surface area contributed by atoms with Crippen LogP contribution in [0.4, 0.5) is 0 Å². The first-order valence-electron chi connectivity index (χ1n) is 45.5. The molecule has 41 heteroatoms. The molecule has 3 saturated carbocycles. The standard InChI is InChI=1S/2C21H21BN2O5S.C21H21BN2O4S.C17H20BN3O2.C15H18BN3O4S/c2*1-28-15-2-4-16(5-3-15)30(26,27)12-13-8-14(9-13)18-10-22(25)29-19-11-24-21-17(20(18)19)6-7-23-21;1-13-2-4-16(5-3-13)29(26,27)12-14-8-15(9-14)18-10-22(25)28-19-11-24-21-17(20(18)19)6-7-23-21;1-3-4-11(2)21-9-12(10-21)14-7-18(22)23-15-8-20-17-13(16(14)15)5-6-19-17;1-2-5-24(21,22)19-8-10(9-19)12-6-16(20)23-13-7-18-15-11(14(12)13)3-4-17-15/h2*2-7,10-11,13-14,25H,8-9,12H2,1H3,(H,23,24);2-7,10-11,14-15,25H,8-9,12H2,1H3,(H,23,24);5-8,12,22H,2-4,9-10H2,1H3,(H,19,20);3-4,6-7,10,20H,2,5,8-9H2,1H3,(H,17,18). The third kappa shape index (κ3) is 18.9. The Morgan fingerprint density at radius 3 is 0.919 bits per heavy atom. The highest BCUT2D eigenvalue weighted by Crippen LogP contribution is 2.54. The molecule has 0 amide bonds. The van der Waals surface area contributed by atoms with Gasteiger partial charge in [0, 0.05) is 129 Å². The van der Waals surface area contributed by atoms with Gasteiger partial charge in [0.2, 0.25) is 10.0 Å². The van der Waals surface area contributed by atoms with Crippen LogP contribution in [-0.4, -0.2) is 217 Å². The molecule has 0 spiro atoms. The molecule has 5 fully saturated rings. The van der Waals surface area contributed by atoms with Crippen molar-refractivity contribution in [3.63, 3.8) is 0 Å². The Morgan fingerprint density at radius 2 is 0.654 bits per heavy atom. The molecule has 0 atom stereocenters. The molecule has 10 aliphatic rings. The van der Waals surface area contributed by atoms with Crippen molar-refractivity contribution in [1.82, 2.24) is 59.0 Å². The molecule has 17 heterocycles. The van der Waals surface area contributed by atoms with Crippen molar-refractivity contribution in [3.05, 3.63) is 241 Å². The molecule has 23 rings (SSSR count). The van der Waals surface area contributed by atoms with E-state index in [1.54, 1.807) is 136 Å². The number of aryl methyl sites for hydroxylation is 1. The van der Waals surface area contributed by atoms with Crippen LogP contribution in [0.1, 0.15) is 105 Å². The minimum absolute atomic E-state index is 0.0504. The van der Waals surface area contributed by atoms with Crippen LogP contribution in [-0.2, 0) is 39.5 Å². The number of H-pyrrole nitrogens is 5. The van der Waals surface area contributed by atoms with Gasteiger partial charge in [0.1, 0.15) is 68.5 Å². The van der Waals surface area contributed by atoms with Crippen LogP contribution in [0.5, 0.6) is 40.2 Å². The number of fused-ring (bicyclic) bond motifs is 15. The zero-order valence-electron chi connectivity index (χ0n) is 75.3. The summed E-state index contributed by atoms with van der Waals surface area (Å²) in [5.74, 6) is 14.7. The smallest absolute Gasteiger partial charge is 0.531 e. The lowest BCUT2D eigenvalue weighted by Gasteiger charge is -2.44. The molecule has 3 aromatic carbocycles. The summed E-state index contributed by atoms with van der Waals surface area (Å²) >= 11 is 0. The van der Waals surface area contributed by atoms with Crippen LogP contribution < -0.4 is 32.7 Å². The van der Waals surface area contributed by atoms with Crippen molar-refractivity contribution >= 4 is 158 Å². The third-order valence-electron chi connectivity index (χ3n) is 27.1. The predicted octanol–water partition coefficient (Wildman–Crippen LogP) is 12.5. The van der Waals surface area contributed by atoms with Crippen LogP contribution in [0.3, 0.4) is 0 Å². The van der Waals surface area contributed by atoms with Gasteiger partial charge in [-0.05, 0) is 243 Å². The maximum Gasteiger partial charge on any atom is 0.552 e. The van der Waals surface area contributed by atoms with Gasteiger partial charge in [0.05, 0.1) is 82.9 Å². The van der Waals surface area contributed by atoms with E-state index < -0.39 is 75.1 Å². The van der Waals surface area contributed by atoms with Crippen LogP contribution in [0, 0.1) is 54.3 Å². The topological polar surface area (TPSA) is 452 Å². The lowest BCUT2D eigenvalue weighted by molar-refractivity contribution is 0.180. The molecule has 0 radical (unpaired) electrons. The molecule has 0 unspecified atom stereocenters. The van der Waals surface area contributed by atoms with Crippen LogP contribution in [0.15, 0.2) is 222 Å². The Balaban J connectivity index is 0.000000109. The summed E-state index contributed by atoms with van der Waals surface area (Å²) in [5.41, 5.74) is 16.0. The largest absolute Gasteiger partial charge is 0.552 e. The zero-order valence-corrected chi connectivity index (χ0v) is 78.6. The molecule has 2 saturated heterocycles. The first-order chi connectivity index (χ1) is 65.4. The number of benzene rings is 3. The fraction of sp³-hybridized carbons (Fsp3) is 0.316. The number of nitrogens with zero attached hydrogens (tertiary/aromatic N) is 7. The van der Waals surface area contributed by atoms with Gasteiger partial charge in [-0.2, -0.15) is 0 Å². The zero-order chi connectivity index (χ0) is 94.8. The quantitative estimate of drug-likeness (QED) is 0.0282. The van der Waals surface area contributed by atoms with E-state index in [2.05, 4.69) is 68.2 Å². The molecular formula is C95H101B5N12O20S4. The molecule has 10 N–H and O–H groups in total. The Kier molecular flexibility index (Phi) is 26.0. The Hall–Kier alpha value is -12.2. The van der Waals surface area contributed by atoms with E-state index in [9.17, 15) is 58.8 Å². The highest BCUT2D eigenvalue weighted by atomic mass is 32.2. The van der Waals surface area contributed by atoms with Crippen molar-refractivity contribution < 1.29 is 91.5 Å². The molecule has 3 aliphatic carbocycles. The van der Waals surface area contributed by atoms with Crippen LogP contribution in [0.2, 0.25) is 0 Å². The third-order valence-corrected chi connectivity index (χ3v) is 34.8. The van der Waals surface area contributed by atoms with Crippen molar-refractivity contribution in [2.24, 2.45) is 47.3 Å². The second kappa shape index (κ2) is 38.1. The highest BCUT2D eigenvalue weighted by Gasteiger charge is 2.46. The van der Waals surface area contributed by atoms with Crippen molar-refractivity contribution in [2.45, 2.75) is 93.2 Å². The summed E-state index contributed by atoms with van der Waals surface area (Å²) in [4.78, 5) is 40.5. The molecule has 136 heavy (non-hydrogen) atoms. The number of aromatic amines is 5.